The predicted molar refractivity (Wildman–Crippen MR) is 155 cm³/mol. The summed E-state index contributed by atoms with van der Waals surface area (Å²) >= 11 is 0. The molecule has 11 heteroatoms. The number of rotatable bonds is 11. The molecule has 2 aromatic heterocycles. The maximum absolute atomic E-state index is 11.3. The second-order valence-electron chi connectivity index (χ2n) is 10.6. The summed E-state index contributed by atoms with van der Waals surface area (Å²) in [5.41, 5.74) is 8.34. The highest BCUT2D eigenvalue weighted by molar-refractivity contribution is 5.93. The lowest BCUT2D eigenvalue weighted by Gasteiger charge is -2.29. The molecule has 0 spiro atoms. The number of unbranched alkanes of at least 4 members (excludes halogenated alkanes) is 1. The van der Waals surface area contributed by atoms with E-state index in [4.69, 9.17) is 20.3 Å². The second kappa shape index (κ2) is 12.4. The van der Waals surface area contributed by atoms with Crippen LogP contribution < -0.4 is 10.5 Å². The van der Waals surface area contributed by atoms with Crippen molar-refractivity contribution in [3.63, 3.8) is 0 Å². The van der Waals surface area contributed by atoms with Gasteiger partial charge in [0, 0.05) is 17.9 Å². The zero-order valence-electron chi connectivity index (χ0n) is 23.3. The van der Waals surface area contributed by atoms with Crippen LogP contribution in [0.1, 0.15) is 42.8 Å². The van der Waals surface area contributed by atoms with E-state index in [1.54, 1.807) is 4.57 Å². The third-order valence-corrected chi connectivity index (χ3v) is 7.79. The van der Waals surface area contributed by atoms with Crippen LogP contribution in [0.5, 0.6) is 5.75 Å². The molecule has 0 radical (unpaired) electrons. The summed E-state index contributed by atoms with van der Waals surface area (Å²) in [5, 5.41) is 51.5. The number of aromatic nitrogens is 3. The smallest absolute Gasteiger partial charge is 0.167 e. The molecule has 1 aliphatic rings. The zero-order valence-corrected chi connectivity index (χ0v) is 23.3. The molecular formula is C31H35N5O6. The van der Waals surface area contributed by atoms with Gasteiger partial charge in [0.2, 0.25) is 0 Å². The zero-order chi connectivity index (χ0) is 29.9. The fourth-order valence-corrected chi connectivity index (χ4v) is 5.54. The fourth-order valence-electron chi connectivity index (χ4n) is 5.54. The van der Waals surface area contributed by atoms with E-state index < -0.39 is 30.6 Å². The van der Waals surface area contributed by atoms with E-state index in [1.165, 1.54) is 13.3 Å². The highest BCUT2D eigenvalue weighted by Gasteiger charge is 2.54. The molecular weight excluding hydrogens is 538 g/mol. The molecule has 1 fully saturated rings. The minimum absolute atomic E-state index is 0.104. The van der Waals surface area contributed by atoms with Gasteiger partial charge in [0.1, 0.15) is 47.4 Å². The van der Waals surface area contributed by atoms with Gasteiger partial charge in [-0.3, -0.25) is 4.57 Å². The van der Waals surface area contributed by atoms with Crippen LogP contribution in [0.4, 0.5) is 5.82 Å². The number of nitrogens with two attached hydrogens (primary N) is 1. The Bertz CT molecular complexity index is 1580. The van der Waals surface area contributed by atoms with Gasteiger partial charge in [-0.05, 0) is 49.8 Å². The van der Waals surface area contributed by atoms with Crippen molar-refractivity contribution in [2.45, 2.75) is 56.6 Å². The van der Waals surface area contributed by atoms with E-state index in [-0.39, 0.29) is 23.6 Å². The highest BCUT2D eigenvalue weighted by atomic mass is 16.6. The molecule has 0 bridgehead atoms. The fraction of sp³-hybridized carbons (Fsp3) is 0.387. The number of fused-ring (bicyclic) bond motifs is 1. The van der Waals surface area contributed by atoms with Crippen molar-refractivity contribution in [2.24, 2.45) is 0 Å². The van der Waals surface area contributed by atoms with E-state index in [1.807, 2.05) is 48.5 Å². The van der Waals surface area contributed by atoms with Gasteiger partial charge in [0.25, 0.3) is 0 Å². The first-order chi connectivity index (χ1) is 20.3. The minimum atomic E-state index is -1.80. The maximum atomic E-state index is 11.3. The van der Waals surface area contributed by atoms with E-state index in [0.717, 1.165) is 16.7 Å². The third-order valence-electron chi connectivity index (χ3n) is 7.79. The van der Waals surface area contributed by atoms with Gasteiger partial charge in [-0.25, -0.2) is 9.97 Å². The lowest BCUT2D eigenvalue weighted by atomic mass is 9.96. The van der Waals surface area contributed by atoms with E-state index >= 15 is 0 Å². The predicted octanol–water partition coefficient (Wildman–Crippen LogP) is 2.49. The first-order valence-corrected chi connectivity index (χ1v) is 13.9. The molecule has 4 aromatic rings. The molecule has 6 N–H and O–H groups in total. The molecule has 220 valence electrons. The Balaban J connectivity index is 1.54. The average molecular weight is 574 g/mol. The summed E-state index contributed by atoms with van der Waals surface area (Å²) in [5.74, 6) is 0.822. The van der Waals surface area contributed by atoms with Crippen LogP contribution in [0.3, 0.4) is 0 Å². The first-order valence-electron chi connectivity index (χ1n) is 13.9. The molecule has 4 atom stereocenters. The third kappa shape index (κ3) is 5.43. The van der Waals surface area contributed by atoms with Gasteiger partial charge in [0.05, 0.1) is 24.2 Å². The van der Waals surface area contributed by atoms with E-state index in [0.29, 0.717) is 49.1 Å². The normalized spacial score (nSPS) is 22.0. The number of aliphatic hydroxyl groups is 4. The second-order valence-corrected chi connectivity index (χ2v) is 10.6. The summed E-state index contributed by atoms with van der Waals surface area (Å²) in [7, 11) is 0. The first kappa shape index (κ1) is 29.4. The summed E-state index contributed by atoms with van der Waals surface area (Å²) in [6.45, 7) is 1.48. The van der Waals surface area contributed by atoms with Crippen molar-refractivity contribution in [3.8, 4) is 22.9 Å². The molecule has 0 saturated carbocycles. The van der Waals surface area contributed by atoms with Crippen molar-refractivity contribution in [2.75, 3.05) is 25.6 Å². The summed E-state index contributed by atoms with van der Waals surface area (Å²) < 4.78 is 13.7. The van der Waals surface area contributed by atoms with Gasteiger partial charge in [-0.2, -0.15) is 5.26 Å². The van der Waals surface area contributed by atoms with E-state index in [9.17, 15) is 20.6 Å². The topological polar surface area (TPSA) is 180 Å². The molecule has 5 rings (SSSR count). The van der Waals surface area contributed by atoms with Crippen LogP contribution >= 0.6 is 0 Å². The Kier molecular flexibility index (Phi) is 8.72. The van der Waals surface area contributed by atoms with Crippen LogP contribution in [0.25, 0.3) is 22.2 Å². The number of nitriles is 1. The van der Waals surface area contributed by atoms with Crippen LogP contribution in [-0.4, -0.2) is 72.6 Å². The number of nitrogens with zero attached hydrogens (tertiary/aromatic N) is 4. The number of aryl methyl sites for hydroxylation is 1. The average Bonchev–Trinajstić information content (AvgIpc) is 3.44. The summed E-state index contributed by atoms with van der Waals surface area (Å²) in [6.07, 6.45) is -0.104. The Hall–Kier alpha value is -4.05. The van der Waals surface area contributed by atoms with Crippen molar-refractivity contribution >= 4 is 16.9 Å². The molecule has 42 heavy (non-hydrogen) atoms. The number of anilines is 1. The van der Waals surface area contributed by atoms with Crippen molar-refractivity contribution < 1.29 is 29.9 Å². The van der Waals surface area contributed by atoms with Crippen molar-refractivity contribution in [3.05, 3.63) is 71.7 Å². The lowest BCUT2D eigenvalue weighted by molar-refractivity contribution is -0.0958. The Morgan fingerprint density at radius 1 is 1.12 bits per heavy atom. The van der Waals surface area contributed by atoms with Gasteiger partial charge in [-0.15, -0.1) is 0 Å². The number of benzene rings is 2. The Morgan fingerprint density at radius 3 is 2.60 bits per heavy atom. The molecule has 1 saturated heterocycles. The molecule has 0 aliphatic carbocycles. The number of ether oxygens (including phenoxy) is 2. The molecule has 3 heterocycles. The van der Waals surface area contributed by atoms with Crippen molar-refractivity contribution in [1.29, 1.82) is 5.26 Å². The standard InChI is InChI=1S/C31H35N5O6/c1-31(40)27(39)25(17-38)42-30(31)36-23(22(16-32)26-28(33)34-18-35-29(26)36)12-10-19-9-11-21(20-7-3-2-4-8-20)24(15-19)41-14-6-5-13-37/h2-4,7-9,11,15,18,25,27,30,37-40H,5-6,10,12-14,17H2,1H3,(H2,33,34,35)/t25-,27-,30?,31-/m1/s1. The van der Waals surface area contributed by atoms with Crippen LogP contribution in [0.15, 0.2) is 54.9 Å². The minimum Gasteiger partial charge on any atom is -0.493 e. The molecule has 1 aliphatic heterocycles. The molecule has 1 unspecified atom stereocenters. The summed E-state index contributed by atoms with van der Waals surface area (Å²) in [4.78, 5) is 8.43. The maximum Gasteiger partial charge on any atom is 0.167 e. The van der Waals surface area contributed by atoms with Crippen LogP contribution in [0.2, 0.25) is 0 Å². The number of aliphatic hydroxyl groups excluding tert-OH is 3. The molecule has 0 amide bonds. The van der Waals surface area contributed by atoms with Gasteiger partial charge in [-0.1, -0.05) is 42.5 Å². The van der Waals surface area contributed by atoms with Crippen molar-refractivity contribution in [1.82, 2.24) is 14.5 Å². The SMILES string of the molecule is C[C@]1(O)C(n2c(CCc3ccc(-c4ccccc4)c(OCCCCO)c3)c(C#N)c3c(N)ncnc32)O[C@H](CO)[C@H]1O. The molecule has 11 nitrogen and oxygen atoms in total. The number of hydrogen-bond donors (Lipinski definition) is 5. The lowest BCUT2D eigenvalue weighted by Crippen LogP contribution is -2.44. The largest absolute Gasteiger partial charge is 0.493 e. The quantitative estimate of drug-likeness (QED) is 0.167. The van der Waals surface area contributed by atoms with Crippen LogP contribution in [0, 0.1) is 11.3 Å². The van der Waals surface area contributed by atoms with Gasteiger partial charge >= 0.3 is 0 Å². The number of nitrogen functional groups attached to an aromatic ring is 1. The molecule has 2 aromatic carbocycles. The van der Waals surface area contributed by atoms with Gasteiger partial charge < -0.3 is 35.6 Å². The monoisotopic (exact) mass is 573 g/mol. The summed E-state index contributed by atoms with van der Waals surface area (Å²) in [6, 6.07) is 18.1. The Morgan fingerprint density at radius 2 is 1.90 bits per heavy atom. The number of hydrogen-bond acceptors (Lipinski definition) is 10. The van der Waals surface area contributed by atoms with E-state index in [2.05, 4.69) is 16.0 Å². The van der Waals surface area contributed by atoms with Crippen LogP contribution in [-0.2, 0) is 17.6 Å². The Labute approximate surface area is 243 Å². The highest BCUT2D eigenvalue weighted by Crippen LogP contribution is 2.43. The van der Waals surface area contributed by atoms with Gasteiger partial charge in [0.15, 0.2) is 6.23 Å².